The van der Waals surface area contributed by atoms with Crippen molar-refractivity contribution in [3.63, 3.8) is 0 Å². The summed E-state index contributed by atoms with van der Waals surface area (Å²) in [6, 6.07) is 10.7. The fourth-order valence-electron chi connectivity index (χ4n) is 3.21. The molecular formula is C19H26NO+. The van der Waals surface area contributed by atoms with Crippen LogP contribution >= 0.6 is 0 Å². The van der Waals surface area contributed by atoms with Crippen molar-refractivity contribution in [2.24, 2.45) is 0 Å². The third-order valence-corrected chi connectivity index (χ3v) is 4.33. The lowest BCUT2D eigenvalue weighted by Gasteiger charge is -2.23. The van der Waals surface area contributed by atoms with E-state index in [4.69, 9.17) is 4.74 Å². The number of ether oxygens (including phenoxy) is 1. The number of fused-ring (bicyclic) bond motifs is 1. The van der Waals surface area contributed by atoms with Crippen LogP contribution in [0.2, 0.25) is 0 Å². The fraction of sp³-hybridized carbons (Fsp3) is 0.526. The number of para-hydroxylation sites is 1. The van der Waals surface area contributed by atoms with Crippen molar-refractivity contribution in [2.45, 2.75) is 64.5 Å². The van der Waals surface area contributed by atoms with Gasteiger partial charge in [0.15, 0.2) is 11.3 Å². The molecule has 2 aromatic rings. The van der Waals surface area contributed by atoms with Gasteiger partial charge in [-0.15, -0.1) is 0 Å². The predicted molar refractivity (Wildman–Crippen MR) is 86.6 cm³/mol. The summed E-state index contributed by atoms with van der Waals surface area (Å²) in [6.07, 6.45) is 8.93. The lowest BCUT2D eigenvalue weighted by Crippen LogP contribution is -2.50. The van der Waals surface area contributed by atoms with Gasteiger partial charge in [-0.2, -0.15) is 4.57 Å². The average Bonchev–Trinajstić information content (AvgIpc) is 2.46. The minimum Gasteiger partial charge on any atom is -0.484 e. The molecule has 0 aliphatic heterocycles. The van der Waals surface area contributed by atoms with E-state index in [0.717, 1.165) is 5.75 Å². The van der Waals surface area contributed by atoms with Gasteiger partial charge in [-0.25, -0.2) is 0 Å². The van der Waals surface area contributed by atoms with Crippen LogP contribution < -0.4 is 9.30 Å². The van der Waals surface area contributed by atoms with Gasteiger partial charge in [0.2, 0.25) is 11.7 Å². The Labute approximate surface area is 127 Å². The summed E-state index contributed by atoms with van der Waals surface area (Å²) in [4.78, 5) is 0. The number of rotatable bonds is 2. The van der Waals surface area contributed by atoms with Crippen LogP contribution in [0.4, 0.5) is 0 Å². The lowest BCUT2D eigenvalue weighted by molar-refractivity contribution is -0.730. The molecule has 1 aliphatic carbocycles. The van der Waals surface area contributed by atoms with Gasteiger partial charge < -0.3 is 4.74 Å². The molecule has 1 aromatic carbocycles. The molecule has 2 heteroatoms. The Balaban J connectivity index is 1.99. The number of nitrogens with zero attached hydrogens (tertiary/aromatic N) is 1. The lowest BCUT2D eigenvalue weighted by atomic mass is 9.98. The van der Waals surface area contributed by atoms with Gasteiger partial charge in [0, 0.05) is 32.9 Å². The first-order valence-corrected chi connectivity index (χ1v) is 8.16. The van der Waals surface area contributed by atoms with E-state index in [0.29, 0.717) is 6.10 Å². The molecule has 2 nitrogen and oxygen atoms in total. The van der Waals surface area contributed by atoms with Gasteiger partial charge in [0.1, 0.15) is 0 Å². The van der Waals surface area contributed by atoms with Crippen LogP contribution in [0.15, 0.2) is 36.5 Å². The van der Waals surface area contributed by atoms with Crippen molar-refractivity contribution in [1.82, 2.24) is 0 Å². The van der Waals surface area contributed by atoms with Gasteiger partial charge in [0.25, 0.3) is 0 Å². The first-order valence-electron chi connectivity index (χ1n) is 8.16. The Kier molecular flexibility index (Phi) is 3.88. The van der Waals surface area contributed by atoms with Crippen LogP contribution in [0.25, 0.3) is 10.9 Å². The number of aromatic nitrogens is 1. The Morgan fingerprint density at radius 1 is 1.05 bits per heavy atom. The Hall–Kier alpha value is -1.57. The maximum Gasteiger partial charge on any atom is 0.213 e. The fourth-order valence-corrected chi connectivity index (χ4v) is 3.21. The number of pyridine rings is 1. The molecule has 0 bridgehead atoms. The molecule has 0 atom stereocenters. The molecule has 1 fully saturated rings. The quantitative estimate of drug-likeness (QED) is 0.735. The highest BCUT2D eigenvalue weighted by molar-refractivity contribution is 5.76. The molecule has 21 heavy (non-hydrogen) atoms. The number of hydrogen-bond acceptors (Lipinski definition) is 1. The van der Waals surface area contributed by atoms with Gasteiger partial charge in [0.05, 0.1) is 11.5 Å². The van der Waals surface area contributed by atoms with Gasteiger partial charge in [-0.3, -0.25) is 0 Å². The van der Waals surface area contributed by atoms with Crippen LogP contribution in [0.3, 0.4) is 0 Å². The van der Waals surface area contributed by atoms with E-state index < -0.39 is 0 Å². The summed E-state index contributed by atoms with van der Waals surface area (Å²) in [5.74, 6) is 1.01. The zero-order valence-electron chi connectivity index (χ0n) is 13.4. The molecule has 0 unspecified atom stereocenters. The molecule has 3 rings (SSSR count). The Morgan fingerprint density at radius 3 is 2.48 bits per heavy atom. The molecule has 1 aromatic heterocycles. The predicted octanol–water partition coefficient (Wildman–Crippen LogP) is 4.59. The second-order valence-electron chi connectivity index (χ2n) is 7.15. The van der Waals surface area contributed by atoms with Crippen molar-refractivity contribution in [1.29, 1.82) is 0 Å². The van der Waals surface area contributed by atoms with Crippen LogP contribution in [-0.4, -0.2) is 6.10 Å². The van der Waals surface area contributed by atoms with Crippen LogP contribution in [0, 0.1) is 0 Å². The maximum atomic E-state index is 6.28. The van der Waals surface area contributed by atoms with E-state index in [1.807, 2.05) is 0 Å². The van der Waals surface area contributed by atoms with Gasteiger partial charge >= 0.3 is 0 Å². The Bertz CT molecular complexity index is 621. The standard InChI is InChI=1S/C19H26NO/c1-19(2,3)20-14-17(21-16-10-5-4-6-11-16)13-15-9-7-8-12-18(15)20/h7-9,12-14,16H,4-6,10-11H2,1-3H3/q+1. The first-order chi connectivity index (χ1) is 10.0. The molecule has 0 amide bonds. The molecule has 112 valence electrons. The smallest absolute Gasteiger partial charge is 0.213 e. The highest BCUT2D eigenvalue weighted by atomic mass is 16.5. The van der Waals surface area contributed by atoms with Crippen LogP contribution in [0.1, 0.15) is 52.9 Å². The summed E-state index contributed by atoms with van der Waals surface area (Å²) < 4.78 is 8.61. The highest BCUT2D eigenvalue weighted by Crippen LogP contribution is 2.25. The summed E-state index contributed by atoms with van der Waals surface area (Å²) in [7, 11) is 0. The topological polar surface area (TPSA) is 13.1 Å². The van der Waals surface area contributed by atoms with Crippen LogP contribution in [-0.2, 0) is 5.54 Å². The van der Waals surface area contributed by atoms with Gasteiger partial charge in [-0.1, -0.05) is 18.6 Å². The maximum absolute atomic E-state index is 6.28. The van der Waals surface area contributed by atoms with Crippen molar-refractivity contribution < 1.29 is 9.30 Å². The molecule has 1 heterocycles. The molecule has 1 saturated carbocycles. The van der Waals surface area contributed by atoms with Gasteiger partial charge in [-0.05, 0) is 31.7 Å². The van der Waals surface area contributed by atoms with E-state index in [1.165, 1.54) is 43.0 Å². The van der Waals surface area contributed by atoms with E-state index in [-0.39, 0.29) is 5.54 Å². The Morgan fingerprint density at radius 2 is 1.76 bits per heavy atom. The number of benzene rings is 1. The second-order valence-corrected chi connectivity index (χ2v) is 7.15. The van der Waals surface area contributed by atoms with E-state index >= 15 is 0 Å². The third-order valence-electron chi connectivity index (χ3n) is 4.33. The largest absolute Gasteiger partial charge is 0.484 e. The zero-order chi connectivity index (χ0) is 14.9. The van der Waals surface area contributed by atoms with Crippen molar-refractivity contribution in [2.75, 3.05) is 0 Å². The normalized spacial score (nSPS) is 17.1. The summed E-state index contributed by atoms with van der Waals surface area (Å²) >= 11 is 0. The molecule has 1 aliphatic rings. The summed E-state index contributed by atoms with van der Waals surface area (Å²) in [5, 5.41) is 1.25. The van der Waals surface area contributed by atoms with E-state index in [2.05, 4.69) is 61.9 Å². The van der Waals surface area contributed by atoms with Crippen molar-refractivity contribution >= 4 is 10.9 Å². The minimum atomic E-state index is 0.0472. The molecule has 0 spiro atoms. The summed E-state index contributed by atoms with van der Waals surface area (Å²) in [6.45, 7) is 6.72. The van der Waals surface area contributed by atoms with Crippen molar-refractivity contribution in [3.05, 3.63) is 36.5 Å². The molecular weight excluding hydrogens is 258 g/mol. The minimum absolute atomic E-state index is 0.0472. The molecule has 0 N–H and O–H groups in total. The number of hydrogen-bond donors (Lipinski definition) is 0. The first kappa shape index (κ1) is 14.4. The second kappa shape index (κ2) is 5.67. The average molecular weight is 284 g/mol. The highest BCUT2D eigenvalue weighted by Gasteiger charge is 2.26. The third kappa shape index (κ3) is 3.20. The monoisotopic (exact) mass is 284 g/mol. The van der Waals surface area contributed by atoms with Crippen molar-refractivity contribution in [3.8, 4) is 5.75 Å². The van der Waals surface area contributed by atoms with E-state index in [1.54, 1.807) is 0 Å². The van der Waals surface area contributed by atoms with Crippen LogP contribution in [0.5, 0.6) is 5.75 Å². The summed E-state index contributed by atoms with van der Waals surface area (Å²) in [5.41, 5.74) is 1.31. The van der Waals surface area contributed by atoms with E-state index in [9.17, 15) is 0 Å². The molecule has 0 radical (unpaired) electrons. The SMILES string of the molecule is CC(C)(C)[n+]1cc(OC2CCCCC2)cc2ccccc21. The molecule has 0 saturated heterocycles. The zero-order valence-corrected chi connectivity index (χ0v) is 13.4.